The maximum absolute atomic E-state index is 12.1. The number of nitrogens with zero attached hydrogens (tertiary/aromatic N) is 1. The molecular weight excluding hydrogens is 290 g/mol. The maximum Gasteiger partial charge on any atom is 0.251 e. The van der Waals surface area contributed by atoms with Crippen LogP contribution < -0.4 is 11.1 Å². The molecule has 0 unspecified atom stereocenters. The largest absolute Gasteiger partial charge is 0.399 e. The number of aryl methyl sites for hydroxylation is 2. The van der Waals surface area contributed by atoms with Gasteiger partial charge in [0.15, 0.2) is 0 Å². The van der Waals surface area contributed by atoms with Gasteiger partial charge in [0, 0.05) is 29.8 Å². The Balaban J connectivity index is 0.00000220. The van der Waals surface area contributed by atoms with Gasteiger partial charge >= 0.3 is 0 Å². The molecule has 3 N–H and O–H groups in total. The summed E-state index contributed by atoms with van der Waals surface area (Å²) in [5.74, 6) is 0.678. The van der Waals surface area contributed by atoms with Crippen molar-refractivity contribution in [3.63, 3.8) is 0 Å². The molecule has 0 saturated heterocycles. The van der Waals surface area contributed by atoms with Crippen LogP contribution in [0.25, 0.3) is 0 Å². The van der Waals surface area contributed by atoms with E-state index in [1.54, 1.807) is 24.3 Å². The maximum atomic E-state index is 12.1. The predicted octanol–water partition coefficient (Wildman–Crippen LogP) is 2.73. The second-order valence-electron chi connectivity index (χ2n) is 4.55. The monoisotopic (exact) mass is 309 g/mol. The summed E-state index contributed by atoms with van der Waals surface area (Å²) in [5, 5.41) is 6.91. The molecule has 1 heterocycles. The highest BCUT2D eigenvalue weighted by Crippen LogP contribution is 2.16. The summed E-state index contributed by atoms with van der Waals surface area (Å²) in [6.07, 6.45) is 1.55. The highest BCUT2D eigenvalue weighted by molar-refractivity contribution is 5.94. The van der Waals surface area contributed by atoms with Crippen molar-refractivity contribution in [2.24, 2.45) is 0 Å². The SMILES string of the molecule is CCc1noc(CC)c1CNC(=O)c1cccc(N)c1.Cl. The summed E-state index contributed by atoms with van der Waals surface area (Å²) in [7, 11) is 0. The molecule has 114 valence electrons. The van der Waals surface area contributed by atoms with Crippen LogP contribution in [0.4, 0.5) is 5.69 Å². The third-order valence-electron chi connectivity index (χ3n) is 3.18. The Morgan fingerprint density at radius 2 is 2.10 bits per heavy atom. The van der Waals surface area contributed by atoms with Crippen molar-refractivity contribution in [2.45, 2.75) is 33.2 Å². The molecule has 1 aromatic heterocycles. The molecule has 0 fully saturated rings. The predicted molar refractivity (Wildman–Crippen MR) is 84.5 cm³/mol. The number of anilines is 1. The molecule has 0 radical (unpaired) electrons. The van der Waals surface area contributed by atoms with Crippen molar-refractivity contribution in [1.82, 2.24) is 10.5 Å². The van der Waals surface area contributed by atoms with Crippen molar-refractivity contribution in [1.29, 1.82) is 0 Å². The molecule has 1 aromatic carbocycles. The molecule has 2 rings (SSSR count). The van der Waals surface area contributed by atoms with Gasteiger partial charge in [-0.2, -0.15) is 0 Å². The number of halogens is 1. The van der Waals surface area contributed by atoms with Gasteiger partial charge in [-0.3, -0.25) is 4.79 Å². The number of benzene rings is 1. The van der Waals surface area contributed by atoms with Crippen LogP contribution in [0.3, 0.4) is 0 Å². The fourth-order valence-corrected chi connectivity index (χ4v) is 2.09. The van der Waals surface area contributed by atoms with Crippen LogP contribution in [-0.2, 0) is 19.4 Å². The molecule has 0 bridgehead atoms. The van der Waals surface area contributed by atoms with E-state index in [0.29, 0.717) is 17.8 Å². The number of carbonyl (C=O) groups is 1. The van der Waals surface area contributed by atoms with E-state index in [9.17, 15) is 4.79 Å². The summed E-state index contributed by atoms with van der Waals surface area (Å²) in [5.41, 5.74) is 8.68. The number of hydrogen-bond acceptors (Lipinski definition) is 4. The van der Waals surface area contributed by atoms with Gasteiger partial charge in [-0.1, -0.05) is 25.1 Å². The third-order valence-corrected chi connectivity index (χ3v) is 3.18. The summed E-state index contributed by atoms with van der Waals surface area (Å²) in [6, 6.07) is 6.91. The van der Waals surface area contributed by atoms with Crippen LogP contribution >= 0.6 is 12.4 Å². The minimum atomic E-state index is -0.150. The smallest absolute Gasteiger partial charge is 0.251 e. The zero-order valence-corrected chi connectivity index (χ0v) is 13.0. The standard InChI is InChI=1S/C15H19N3O2.ClH/c1-3-13-12(14(4-2)20-18-13)9-17-15(19)10-6-5-7-11(16)8-10;/h5-8H,3-4,9,16H2,1-2H3,(H,17,19);1H. The van der Waals surface area contributed by atoms with E-state index in [1.165, 1.54) is 0 Å². The van der Waals surface area contributed by atoms with E-state index in [2.05, 4.69) is 10.5 Å². The number of amides is 1. The van der Waals surface area contributed by atoms with E-state index in [0.717, 1.165) is 29.9 Å². The topological polar surface area (TPSA) is 81.2 Å². The number of nitrogens with two attached hydrogens (primary N) is 1. The Morgan fingerprint density at radius 3 is 2.71 bits per heavy atom. The van der Waals surface area contributed by atoms with Gasteiger partial charge in [0.2, 0.25) is 0 Å². The Hall–Kier alpha value is -2.01. The lowest BCUT2D eigenvalue weighted by Gasteiger charge is -2.06. The number of hydrogen-bond donors (Lipinski definition) is 2. The molecule has 0 aliphatic heterocycles. The van der Waals surface area contributed by atoms with E-state index >= 15 is 0 Å². The average molecular weight is 310 g/mol. The molecule has 0 atom stereocenters. The summed E-state index contributed by atoms with van der Waals surface area (Å²) < 4.78 is 5.27. The van der Waals surface area contributed by atoms with Crippen molar-refractivity contribution < 1.29 is 9.32 Å². The molecule has 6 heteroatoms. The lowest BCUT2D eigenvalue weighted by Crippen LogP contribution is -2.23. The fraction of sp³-hybridized carbons (Fsp3) is 0.333. The second kappa shape index (κ2) is 7.69. The molecule has 0 saturated carbocycles. The van der Waals surface area contributed by atoms with Crippen LogP contribution in [0.5, 0.6) is 0 Å². The number of nitrogen functional groups attached to an aromatic ring is 1. The van der Waals surface area contributed by atoms with Crippen LogP contribution in [0.2, 0.25) is 0 Å². The summed E-state index contributed by atoms with van der Waals surface area (Å²) in [4.78, 5) is 12.1. The first kappa shape index (κ1) is 17.0. The molecule has 2 aromatic rings. The Bertz CT molecular complexity index is 589. The number of carbonyl (C=O) groups excluding carboxylic acids is 1. The number of aromatic nitrogens is 1. The van der Waals surface area contributed by atoms with Crippen molar-refractivity contribution in [3.05, 3.63) is 46.8 Å². The highest BCUT2D eigenvalue weighted by atomic mass is 35.5. The Kier molecular flexibility index (Phi) is 6.24. The van der Waals surface area contributed by atoms with Gasteiger partial charge in [0.25, 0.3) is 5.91 Å². The zero-order chi connectivity index (χ0) is 14.5. The van der Waals surface area contributed by atoms with E-state index in [-0.39, 0.29) is 18.3 Å². The molecule has 0 spiro atoms. The van der Waals surface area contributed by atoms with Gasteiger partial charge in [-0.25, -0.2) is 0 Å². The minimum absolute atomic E-state index is 0. The lowest BCUT2D eigenvalue weighted by atomic mass is 10.1. The van der Waals surface area contributed by atoms with Gasteiger partial charge in [0.1, 0.15) is 5.76 Å². The molecule has 21 heavy (non-hydrogen) atoms. The molecular formula is C15H20ClN3O2. The molecule has 0 aliphatic carbocycles. The van der Waals surface area contributed by atoms with Gasteiger partial charge < -0.3 is 15.6 Å². The van der Waals surface area contributed by atoms with E-state index in [4.69, 9.17) is 10.3 Å². The average Bonchev–Trinajstić information content (AvgIpc) is 2.86. The van der Waals surface area contributed by atoms with Crippen LogP contribution in [0, 0.1) is 0 Å². The van der Waals surface area contributed by atoms with Crippen LogP contribution in [-0.4, -0.2) is 11.1 Å². The van der Waals surface area contributed by atoms with Gasteiger partial charge in [0.05, 0.1) is 5.69 Å². The van der Waals surface area contributed by atoms with E-state index in [1.807, 2.05) is 13.8 Å². The van der Waals surface area contributed by atoms with Crippen LogP contribution in [0.15, 0.2) is 28.8 Å². The zero-order valence-electron chi connectivity index (χ0n) is 12.2. The first-order chi connectivity index (χ1) is 9.65. The summed E-state index contributed by atoms with van der Waals surface area (Å²) >= 11 is 0. The first-order valence-corrected chi connectivity index (χ1v) is 6.75. The fourth-order valence-electron chi connectivity index (χ4n) is 2.09. The van der Waals surface area contributed by atoms with E-state index < -0.39 is 0 Å². The van der Waals surface area contributed by atoms with Crippen molar-refractivity contribution in [3.8, 4) is 0 Å². The number of rotatable bonds is 5. The molecule has 0 aliphatic rings. The summed E-state index contributed by atoms with van der Waals surface area (Å²) in [6.45, 7) is 4.44. The lowest BCUT2D eigenvalue weighted by molar-refractivity contribution is 0.0950. The van der Waals surface area contributed by atoms with Crippen molar-refractivity contribution in [2.75, 3.05) is 5.73 Å². The quantitative estimate of drug-likeness (QED) is 0.832. The Labute approximate surface area is 130 Å². The molecule has 1 amide bonds. The molecule has 5 nitrogen and oxygen atoms in total. The van der Waals surface area contributed by atoms with Crippen molar-refractivity contribution >= 4 is 24.0 Å². The van der Waals surface area contributed by atoms with Crippen LogP contribution in [0.1, 0.15) is 41.2 Å². The second-order valence-corrected chi connectivity index (χ2v) is 4.55. The normalized spacial score (nSPS) is 10.0. The van der Waals surface area contributed by atoms with Gasteiger partial charge in [-0.05, 0) is 24.6 Å². The highest BCUT2D eigenvalue weighted by Gasteiger charge is 2.14. The third kappa shape index (κ3) is 3.98. The van der Waals surface area contributed by atoms with Gasteiger partial charge in [-0.15, -0.1) is 12.4 Å². The minimum Gasteiger partial charge on any atom is -0.399 e. The number of nitrogens with one attached hydrogen (secondary N) is 1. The Morgan fingerprint density at radius 1 is 1.33 bits per heavy atom. The first-order valence-electron chi connectivity index (χ1n) is 6.75.